The number of hydrogen-bond acceptors (Lipinski definition) is 2. The highest BCUT2D eigenvalue weighted by Gasteiger charge is 2.18. The van der Waals surface area contributed by atoms with E-state index in [1.165, 1.54) is 12.1 Å². The summed E-state index contributed by atoms with van der Waals surface area (Å²) in [5.74, 6) is -1.06. The summed E-state index contributed by atoms with van der Waals surface area (Å²) >= 11 is 0. The fourth-order valence-electron chi connectivity index (χ4n) is 1.85. The molecule has 0 bridgehead atoms. The predicted octanol–water partition coefficient (Wildman–Crippen LogP) is 2.86. The van der Waals surface area contributed by atoms with E-state index in [1.54, 1.807) is 6.92 Å². The second kappa shape index (κ2) is 4.78. The molecule has 16 heavy (non-hydrogen) atoms. The van der Waals surface area contributed by atoms with Crippen LogP contribution in [-0.4, -0.2) is 19.3 Å². The summed E-state index contributed by atoms with van der Waals surface area (Å²) in [4.78, 5) is 0. The van der Waals surface area contributed by atoms with E-state index in [1.807, 2.05) is 0 Å². The van der Waals surface area contributed by atoms with Crippen molar-refractivity contribution >= 4 is 5.69 Å². The Hall–Kier alpha value is -1.16. The van der Waals surface area contributed by atoms with Crippen molar-refractivity contribution in [2.75, 3.05) is 18.5 Å². The van der Waals surface area contributed by atoms with E-state index in [2.05, 4.69) is 5.32 Å². The molecule has 1 saturated heterocycles. The maximum atomic E-state index is 13.7. The third-order valence-corrected chi connectivity index (χ3v) is 2.79. The summed E-state index contributed by atoms with van der Waals surface area (Å²) in [6, 6.07) is 2.72. The average molecular weight is 227 g/mol. The molecule has 1 aromatic carbocycles. The number of halogens is 2. The average Bonchev–Trinajstić information content (AvgIpc) is 2.31. The highest BCUT2D eigenvalue weighted by molar-refractivity contribution is 5.49. The first kappa shape index (κ1) is 11.3. The molecule has 1 aliphatic heterocycles. The maximum absolute atomic E-state index is 13.7. The van der Waals surface area contributed by atoms with Crippen molar-refractivity contribution in [1.82, 2.24) is 0 Å². The van der Waals surface area contributed by atoms with Gasteiger partial charge in [-0.25, -0.2) is 8.78 Å². The third-order valence-electron chi connectivity index (χ3n) is 2.79. The van der Waals surface area contributed by atoms with Crippen LogP contribution in [0.3, 0.4) is 0 Å². The molecule has 1 unspecified atom stereocenters. The SMILES string of the molecule is Cc1ccc(F)c(NC2CCCOC2)c1F. The molecule has 0 aliphatic carbocycles. The molecule has 1 aromatic rings. The molecule has 0 radical (unpaired) electrons. The number of ether oxygens (including phenoxy) is 1. The van der Waals surface area contributed by atoms with Crippen LogP contribution in [0.1, 0.15) is 18.4 Å². The molecule has 1 aliphatic rings. The third kappa shape index (κ3) is 2.32. The summed E-state index contributed by atoms with van der Waals surface area (Å²) in [6.45, 7) is 2.86. The number of benzene rings is 1. The van der Waals surface area contributed by atoms with E-state index < -0.39 is 11.6 Å². The van der Waals surface area contributed by atoms with Crippen LogP contribution in [0.4, 0.5) is 14.5 Å². The summed E-state index contributed by atoms with van der Waals surface area (Å²) in [7, 11) is 0. The van der Waals surface area contributed by atoms with Crippen molar-refractivity contribution < 1.29 is 13.5 Å². The Morgan fingerprint density at radius 1 is 1.38 bits per heavy atom. The van der Waals surface area contributed by atoms with Crippen molar-refractivity contribution in [3.8, 4) is 0 Å². The van der Waals surface area contributed by atoms with Gasteiger partial charge in [0.05, 0.1) is 6.61 Å². The van der Waals surface area contributed by atoms with Gasteiger partial charge in [-0.3, -0.25) is 0 Å². The quantitative estimate of drug-likeness (QED) is 0.838. The van der Waals surface area contributed by atoms with Gasteiger partial charge in [0.15, 0.2) is 5.82 Å². The molecular formula is C12H15F2NO. The number of rotatable bonds is 2. The van der Waals surface area contributed by atoms with Gasteiger partial charge in [-0.05, 0) is 31.4 Å². The highest BCUT2D eigenvalue weighted by Crippen LogP contribution is 2.23. The van der Waals surface area contributed by atoms with Gasteiger partial charge < -0.3 is 10.1 Å². The fourth-order valence-corrected chi connectivity index (χ4v) is 1.85. The van der Waals surface area contributed by atoms with Crippen molar-refractivity contribution in [3.63, 3.8) is 0 Å². The minimum Gasteiger partial charge on any atom is -0.379 e. The molecule has 1 fully saturated rings. The minimum atomic E-state index is -0.548. The molecule has 1 heterocycles. The van der Waals surface area contributed by atoms with Crippen LogP contribution in [0.15, 0.2) is 12.1 Å². The van der Waals surface area contributed by atoms with Crippen molar-refractivity contribution in [3.05, 3.63) is 29.3 Å². The smallest absolute Gasteiger partial charge is 0.152 e. The van der Waals surface area contributed by atoms with Gasteiger partial charge in [-0.15, -0.1) is 0 Å². The molecule has 1 N–H and O–H groups in total. The summed E-state index contributed by atoms with van der Waals surface area (Å²) in [5.41, 5.74) is 0.413. The lowest BCUT2D eigenvalue weighted by Gasteiger charge is -2.24. The number of hydrogen-bond donors (Lipinski definition) is 1. The zero-order valence-corrected chi connectivity index (χ0v) is 9.22. The minimum absolute atomic E-state index is 0.000417. The van der Waals surface area contributed by atoms with Gasteiger partial charge in [0, 0.05) is 12.6 Å². The largest absolute Gasteiger partial charge is 0.379 e. The second-order valence-corrected chi connectivity index (χ2v) is 4.11. The Labute approximate surface area is 93.6 Å². The molecule has 88 valence electrons. The fraction of sp³-hybridized carbons (Fsp3) is 0.500. The van der Waals surface area contributed by atoms with E-state index in [0.717, 1.165) is 19.4 Å². The van der Waals surface area contributed by atoms with Gasteiger partial charge in [-0.2, -0.15) is 0 Å². The van der Waals surface area contributed by atoms with Crippen LogP contribution in [0.2, 0.25) is 0 Å². The van der Waals surface area contributed by atoms with Crippen LogP contribution >= 0.6 is 0 Å². The Kier molecular flexibility index (Phi) is 3.39. The monoisotopic (exact) mass is 227 g/mol. The van der Waals surface area contributed by atoms with E-state index in [4.69, 9.17) is 4.74 Å². The lowest BCUT2D eigenvalue weighted by atomic mass is 10.1. The molecular weight excluding hydrogens is 212 g/mol. The summed E-state index contributed by atoms with van der Waals surface area (Å²) < 4.78 is 32.4. The molecule has 2 rings (SSSR count). The summed E-state index contributed by atoms with van der Waals surface area (Å²) in [6.07, 6.45) is 1.81. The zero-order valence-electron chi connectivity index (χ0n) is 9.22. The van der Waals surface area contributed by atoms with Crippen molar-refractivity contribution in [2.24, 2.45) is 0 Å². The molecule has 2 nitrogen and oxygen atoms in total. The molecule has 1 atom stereocenters. The molecule has 0 spiro atoms. The van der Waals surface area contributed by atoms with Gasteiger partial charge in [0.1, 0.15) is 11.5 Å². The Balaban J connectivity index is 2.16. The van der Waals surface area contributed by atoms with Crippen LogP contribution in [-0.2, 0) is 4.74 Å². The predicted molar refractivity (Wildman–Crippen MR) is 58.6 cm³/mol. The first-order chi connectivity index (χ1) is 7.68. The van der Waals surface area contributed by atoms with Crippen LogP contribution in [0.25, 0.3) is 0 Å². The van der Waals surface area contributed by atoms with Gasteiger partial charge in [0.25, 0.3) is 0 Å². The highest BCUT2D eigenvalue weighted by atomic mass is 19.1. The number of nitrogens with one attached hydrogen (secondary N) is 1. The molecule has 0 saturated carbocycles. The Morgan fingerprint density at radius 2 is 2.19 bits per heavy atom. The van der Waals surface area contributed by atoms with Crippen LogP contribution < -0.4 is 5.32 Å². The van der Waals surface area contributed by atoms with Gasteiger partial charge >= 0.3 is 0 Å². The first-order valence-corrected chi connectivity index (χ1v) is 5.47. The first-order valence-electron chi connectivity index (χ1n) is 5.47. The van der Waals surface area contributed by atoms with Crippen LogP contribution in [0, 0.1) is 18.6 Å². The summed E-state index contributed by atoms with van der Waals surface area (Å²) in [5, 5.41) is 2.88. The Morgan fingerprint density at radius 3 is 2.88 bits per heavy atom. The van der Waals surface area contributed by atoms with E-state index in [0.29, 0.717) is 12.2 Å². The standard InChI is InChI=1S/C12H15F2NO/c1-8-4-5-10(13)12(11(8)14)15-9-3-2-6-16-7-9/h4-5,9,15H,2-3,6-7H2,1H3. The van der Waals surface area contributed by atoms with E-state index in [-0.39, 0.29) is 11.7 Å². The number of aryl methyl sites for hydroxylation is 1. The van der Waals surface area contributed by atoms with Gasteiger partial charge in [-0.1, -0.05) is 6.07 Å². The normalized spacial score (nSPS) is 20.8. The van der Waals surface area contributed by atoms with Crippen molar-refractivity contribution in [1.29, 1.82) is 0 Å². The lowest BCUT2D eigenvalue weighted by Crippen LogP contribution is -2.30. The van der Waals surface area contributed by atoms with Gasteiger partial charge in [0.2, 0.25) is 0 Å². The number of anilines is 1. The van der Waals surface area contributed by atoms with E-state index in [9.17, 15) is 8.78 Å². The molecule has 0 amide bonds. The van der Waals surface area contributed by atoms with Crippen molar-refractivity contribution in [2.45, 2.75) is 25.8 Å². The Bertz CT molecular complexity index is 376. The zero-order chi connectivity index (χ0) is 11.5. The van der Waals surface area contributed by atoms with E-state index >= 15 is 0 Å². The topological polar surface area (TPSA) is 21.3 Å². The molecule has 4 heteroatoms. The maximum Gasteiger partial charge on any atom is 0.152 e. The molecule has 0 aromatic heterocycles. The lowest BCUT2D eigenvalue weighted by molar-refractivity contribution is 0.0874. The van der Waals surface area contributed by atoms with Crippen LogP contribution in [0.5, 0.6) is 0 Å². The second-order valence-electron chi connectivity index (χ2n) is 4.11.